The molecular weight excluding hydrogens is 454 g/mol. The van der Waals surface area contributed by atoms with Gasteiger partial charge in [0.05, 0.1) is 17.5 Å². The standard InChI is InChI=1S/C24H25N5O2S2/c1-14-21(24(31)29(28(14)3)16-9-5-4-6-10-16)27-19(30)13-32-22-20-17-11-7-8-12-18(17)33-23(20)26-15(2)25-22/h4-6,9-10,14H,7-8,11-13H2,1-3H3. The second kappa shape index (κ2) is 8.96. The number of aliphatic imine (C=N–C) groups is 1. The quantitative estimate of drug-likeness (QED) is 0.412. The molecule has 5 rings (SSSR count). The lowest BCUT2D eigenvalue weighted by molar-refractivity contribution is -0.116. The number of fused-ring (bicyclic) bond motifs is 3. The van der Waals surface area contributed by atoms with E-state index in [2.05, 4.69) is 15.0 Å². The van der Waals surface area contributed by atoms with Crippen LogP contribution in [-0.4, -0.2) is 51.3 Å². The highest BCUT2D eigenvalue weighted by Crippen LogP contribution is 2.39. The van der Waals surface area contributed by atoms with E-state index in [0.717, 1.165) is 33.8 Å². The number of amides is 2. The van der Waals surface area contributed by atoms with Gasteiger partial charge in [0.1, 0.15) is 21.4 Å². The molecule has 2 aliphatic rings. The minimum atomic E-state index is -0.327. The third-order valence-corrected chi connectivity index (χ3v) is 8.30. The summed E-state index contributed by atoms with van der Waals surface area (Å²) < 4.78 is 0. The van der Waals surface area contributed by atoms with Gasteiger partial charge in [-0.15, -0.1) is 11.3 Å². The minimum Gasteiger partial charge on any atom is -0.272 e. The first-order valence-electron chi connectivity index (χ1n) is 11.1. The van der Waals surface area contributed by atoms with Crippen molar-refractivity contribution in [1.29, 1.82) is 0 Å². The number of carbonyl (C=O) groups is 2. The molecule has 0 bridgehead atoms. The van der Waals surface area contributed by atoms with Crippen LogP contribution in [0.4, 0.5) is 5.69 Å². The Balaban J connectivity index is 1.37. The maximum Gasteiger partial charge on any atom is 0.289 e. The van der Waals surface area contributed by atoms with Crippen LogP contribution in [0.1, 0.15) is 36.0 Å². The van der Waals surface area contributed by atoms with E-state index in [-0.39, 0.29) is 29.3 Å². The summed E-state index contributed by atoms with van der Waals surface area (Å²) in [6.07, 6.45) is 4.52. The molecule has 1 aliphatic heterocycles. The highest BCUT2D eigenvalue weighted by Gasteiger charge is 2.40. The van der Waals surface area contributed by atoms with E-state index in [9.17, 15) is 9.59 Å². The van der Waals surface area contributed by atoms with Crippen LogP contribution in [0.25, 0.3) is 10.2 Å². The Kier molecular flexibility index (Phi) is 6.03. The SMILES string of the molecule is Cc1nc(SCC(=O)N=C2C(=O)N(c3ccccc3)N(C)C2C)c2c3c(sc2n1)CCCC3. The maximum absolute atomic E-state index is 13.1. The molecule has 1 aromatic carbocycles. The van der Waals surface area contributed by atoms with Gasteiger partial charge >= 0.3 is 0 Å². The summed E-state index contributed by atoms with van der Waals surface area (Å²) in [6, 6.07) is 9.11. The van der Waals surface area contributed by atoms with Gasteiger partial charge in [-0.05, 0) is 57.2 Å². The first kappa shape index (κ1) is 22.2. The van der Waals surface area contributed by atoms with Crippen molar-refractivity contribution < 1.29 is 9.59 Å². The van der Waals surface area contributed by atoms with Gasteiger partial charge in [0.15, 0.2) is 0 Å². The predicted molar refractivity (Wildman–Crippen MR) is 133 cm³/mol. The van der Waals surface area contributed by atoms with Gasteiger partial charge < -0.3 is 0 Å². The summed E-state index contributed by atoms with van der Waals surface area (Å²) in [5.74, 6) is 0.255. The number of nitrogens with zero attached hydrogens (tertiary/aromatic N) is 5. The van der Waals surface area contributed by atoms with Gasteiger partial charge in [-0.25, -0.2) is 25.0 Å². The van der Waals surface area contributed by atoms with Gasteiger partial charge in [-0.3, -0.25) is 9.59 Å². The Morgan fingerprint density at radius 2 is 1.97 bits per heavy atom. The fourth-order valence-corrected chi connectivity index (χ4v) is 6.67. The third kappa shape index (κ3) is 4.09. The van der Waals surface area contributed by atoms with Crippen LogP contribution < -0.4 is 5.01 Å². The number of hydrogen-bond donors (Lipinski definition) is 0. The van der Waals surface area contributed by atoms with Crippen LogP contribution in [0.3, 0.4) is 0 Å². The first-order chi connectivity index (χ1) is 15.9. The smallest absolute Gasteiger partial charge is 0.272 e. The summed E-state index contributed by atoms with van der Waals surface area (Å²) in [4.78, 5) is 41.8. The second-order valence-corrected chi connectivity index (χ2v) is 10.4. The van der Waals surface area contributed by atoms with Gasteiger partial charge in [0.2, 0.25) is 0 Å². The van der Waals surface area contributed by atoms with E-state index in [0.29, 0.717) is 5.82 Å². The van der Waals surface area contributed by atoms with Crippen LogP contribution in [0.2, 0.25) is 0 Å². The van der Waals surface area contributed by atoms with Crippen LogP contribution in [0, 0.1) is 6.92 Å². The number of rotatable bonds is 4. The molecule has 170 valence electrons. The van der Waals surface area contributed by atoms with Crippen LogP contribution >= 0.6 is 23.1 Å². The maximum atomic E-state index is 13.1. The molecule has 1 atom stereocenters. The number of anilines is 1. The Labute approximate surface area is 200 Å². The van der Waals surface area contributed by atoms with Crippen molar-refractivity contribution in [1.82, 2.24) is 15.0 Å². The predicted octanol–water partition coefficient (Wildman–Crippen LogP) is 4.22. The van der Waals surface area contributed by atoms with Crippen molar-refractivity contribution in [3.63, 3.8) is 0 Å². The van der Waals surface area contributed by atoms with Crippen LogP contribution in [-0.2, 0) is 22.4 Å². The summed E-state index contributed by atoms with van der Waals surface area (Å²) in [5, 5.41) is 5.33. The van der Waals surface area contributed by atoms with E-state index in [1.807, 2.05) is 56.2 Å². The molecule has 1 fully saturated rings. The van der Waals surface area contributed by atoms with Crippen molar-refractivity contribution in [3.05, 3.63) is 46.6 Å². The number of aryl methyl sites for hydroxylation is 3. The van der Waals surface area contributed by atoms with Gasteiger partial charge in [0.25, 0.3) is 11.8 Å². The van der Waals surface area contributed by atoms with E-state index in [1.54, 1.807) is 16.3 Å². The number of thioether (sulfide) groups is 1. The molecule has 1 unspecified atom stereocenters. The number of aromatic nitrogens is 2. The molecule has 1 aliphatic carbocycles. The Morgan fingerprint density at radius 1 is 1.21 bits per heavy atom. The van der Waals surface area contributed by atoms with Gasteiger partial charge in [-0.1, -0.05) is 30.0 Å². The minimum absolute atomic E-state index is 0.134. The van der Waals surface area contributed by atoms with Crippen LogP contribution in [0.15, 0.2) is 40.4 Å². The molecule has 0 saturated carbocycles. The Bertz CT molecular complexity index is 1270. The molecule has 0 N–H and O–H groups in total. The number of thiophene rings is 1. The second-order valence-electron chi connectivity index (χ2n) is 8.35. The topological polar surface area (TPSA) is 78.8 Å². The van der Waals surface area contributed by atoms with Crippen molar-refractivity contribution in [2.24, 2.45) is 4.99 Å². The number of carbonyl (C=O) groups excluding carboxylic acids is 2. The summed E-state index contributed by atoms with van der Waals surface area (Å²) >= 11 is 3.15. The molecule has 3 aromatic rings. The van der Waals surface area contributed by atoms with Gasteiger partial charge in [0, 0.05) is 17.3 Å². The molecule has 33 heavy (non-hydrogen) atoms. The fourth-order valence-electron chi connectivity index (χ4n) is 4.42. The number of hydrazine groups is 1. The molecule has 1 saturated heterocycles. The van der Waals surface area contributed by atoms with Crippen molar-refractivity contribution in [2.75, 3.05) is 17.8 Å². The van der Waals surface area contributed by atoms with E-state index >= 15 is 0 Å². The average molecular weight is 480 g/mol. The zero-order valence-corrected chi connectivity index (χ0v) is 20.5. The lowest BCUT2D eigenvalue weighted by Gasteiger charge is -2.25. The monoisotopic (exact) mass is 479 g/mol. The molecule has 2 aromatic heterocycles. The van der Waals surface area contributed by atoms with E-state index in [4.69, 9.17) is 0 Å². The largest absolute Gasteiger partial charge is 0.289 e. The van der Waals surface area contributed by atoms with E-state index < -0.39 is 0 Å². The first-order valence-corrected chi connectivity index (χ1v) is 12.9. The van der Waals surface area contributed by atoms with Crippen molar-refractivity contribution in [2.45, 2.75) is 50.6 Å². The highest BCUT2D eigenvalue weighted by atomic mass is 32.2. The zero-order chi connectivity index (χ0) is 23.1. The lowest BCUT2D eigenvalue weighted by Crippen LogP contribution is -2.38. The number of para-hydroxylation sites is 1. The molecule has 0 radical (unpaired) electrons. The zero-order valence-electron chi connectivity index (χ0n) is 18.9. The highest BCUT2D eigenvalue weighted by molar-refractivity contribution is 8.00. The van der Waals surface area contributed by atoms with Gasteiger partial charge in [-0.2, -0.15) is 0 Å². The Hall–Kier alpha value is -2.62. The Morgan fingerprint density at radius 3 is 2.76 bits per heavy atom. The van der Waals surface area contributed by atoms with Crippen LogP contribution in [0.5, 0.6) is 0 Å². The number of benzene rings is 1. The summed E-state index contributed by atoms with van der Waals surface area (Å²) in [7, 11) is 1.83. The molecule has 2 amide bonds. The molecular formula is C24H25N5O2S2. The molecule has 9 heteroatoms. The normalized spacial score (nSPS) is 20.1. The van der Waals surface area contributed by atoms with Crippen molar-refractivity contribution >= 4 is 56.5 Å². The molecule has 3 heterocycles. The summed E-state index contributed by atoms with van der Waals surface area (Å²) in [6.45, 7) is 3.77. The average Bonchev–Trinajstić information content (AvgIpc) is 3.28. The summed E-state index contributed by atoms with van der Waals surface area (Å²) in [5.41, 5.74) is 2.37. The number of hydrogen-bond acceptors (Lipinski definition) is 7. The fraction of sp³-hybridized carbons (Fsp3) is 0.375. The van der Waals surface area contributed by atoms with E-state index in [1.165, 1.54) is 35.0 Å². The molecule has 0 spiro atoms. The molecule has 7 nitrogen and oxygen atoms in total. The van der Waals surface area contributed by atoms with Crippen molar-refractivity contribution in [3.8, 4) is 0 Å². The third-order valence-electron chi connectivity index (χ3n) is 6.15. The lowest BCUT2D eigenvalue weighted by atomic mass is 9.97.